The molecule has 0 radical (unpaired) electrons. The minimum Gasteiger partial charge on any atom is -0.496 e. The number of rotatable bonds is 5. The Labute approximate surface area is 137 Å². The van der Waals surface area contributed by atoms with E-state index < -0.39 is 12.1 Å². The molecule has 0 bridgehead atoms. The number of ether oxygens (including phenoxy) is 2. The van der Waals surface area contributed by atoms with Gasteiger partial charge in [0.05, 0.1) is 7.11 Å². The molecule has 1 amide bonds. The van der Waals surface area contributed by atoms with Crippen molar-refractivity contribution >= 4 is 11.9 Å². The fourth-order valence-electron chi connectivity index (χ4n) is 2.92. The number of esters is 1. The first-order valence-corrected chi connectivity index (χ1v) is 8.17. The van der Waals surface area contributed by atoms with Crippen LogP contribution in [-0.2, 0) is 9.53 Å². The van der Waals surface area contributed by atoms with E-state index >= 15 is 0 Å². The van der Waals surface area contributed by atoms with Crippen molar-refractivity contribution in [2.45, 2.75) is 51.7 Å². The minimum atomic E-state index is -0.832. The number of carbonyl (C=O) groups is 2. The van der Waals surface area contributed by atoms with Crippen LogP contribution < -0.4 is 10.1 Å². The number of methoxy groups -OCH3 is 1. The SMILES string of the molecule is COc1ccccc1C(=O)O[C@H](C)C(=O)N[C@H]1CCCC[C@@H]1C. The molecule has 0 aromatic heterocycles. The van der Waals surface area contributed by atoms with E-state index in [4.69, 9.17) is 9.47 Å². The molecular formula is C18H25NO4. The Kier molecular flexibility index (Phi) is 6.02. The zero-order valence-corrected chi connectivity index (χ0v) is 14.0. The summed E-state index contributed by atoms with van der Waals surface area (Å²) in [5, 5.41) is 3.01. The Morgan fingerprint density at radius 2 is 1.91 bits per heavy atom. The molecule has 1 aromatic rings. The van der Waals surface area contributed by atoms with Crippen LogP contribution in [0.4, 0.5) is 0 Å². The van der Waals surface area contributed by atoms with Crippen molar-refractivity contribution in [1.82, 2.24) is 5.32 Å². The molecule has 1 fully saturated rings. The predicted molar refractivity (Wildman–Crippen MR) is 87.4 cm³/mol. The monoisotopic (exact) mass is 319 g/mol. The topological polar surface area (TPSA) is 64.6 Å². The van der Waals surface area contributed by atoms with Gasteiger partial charge in [0.1, 0.15) is 11.3 Å². The Morgan fingerprint density at radius 1 is 1.22 bits per heavy atom. The number of nitrogens with one attached hydrogen (secondary N) is 1. The summed E-state index contributed by atoms with van der Waals surface area (Å²) < 4.78 is 10.4. The van der Waals surface area contributed by atoms with E-state index in [-0.39, 0.29) is 11.9 Å². The highest BCUT2D eigenvalue weighted by Gasteiger charge is 2.27. The van der Waals surface area contributed by atoms with E-state index in [1.165, 1.54) is 13.5 Å². The highest BCUT2D eigenvalue weighted by atomic mass is 16.5. The van der Waals surface area contributed by atoms with Crippen LogP contribution in [0.2, 0.25) is 0 Å². The number of amides is 1. The van der Waals surface area contributed by atoms with E-state index in [0.717, 1.165) is 19.3 Å². The lowest BCUT2D eigenvalue weighted by atomic mass is 9.86. The second kappa shape index (κ2) is 7.99. The highest BCUT2D eigenvalue weighted by Crippen LogP contribution is 2.24. The molecule has 0 saturated heterocycles. The Morgan fingerprint density at radius 3 is 2.61 bits per heavy atom. The van der Waals surface area contributed by atoms with E-state index in [0.29, 0.717) is 17.2 Å². The summed E-state index contributed by atoms with van der Waals surface area (Å²) in [6.07, 6.45) is 3.62. The van der Waals surface area contributed by atoms with Crippen LogP contribution in [0.3, 0.4) is 0 Å². The fourth-order valence-corrected chi connectivity index (χ4v) is 2.92. The quantitative estimate of drug-likeness (QED) is 0.848. The van der Waals surface area contributed by atoms with Crippen molar-refractivity contribution in [2.75, 3.05) is 7.11 Å². The van der Waals surface area contributed by atoms with Crippen molar-refractivity contribution < 1.29 is 19.1 Å². The van der Waals surface area contributed by atoms with Crippen molar-refractivity contribution in [3.05, 3.63) is 29.8 Å². The third-order valence-electron chi connectivity index (χ3n) is 4.42. The average Bonchev–Trinajstić information content (AvgIpc) is 2.56. The first-order valence-electron chi connectivity index (χ1n) is 8.17. The maximum absolute atomic E-state index is 12.3. The fraction of sp³-hybridized carbons (Fsp3) is 0.556. The lowest BCUT2D eigenvalue weighted by Gasteiger charge is -2.30. The molecule has 5 nitrogen and oxygen atoms in total. The number of benzene rings is 1. The molecule has 0 unspecified atom stereocenters. The third-order valence-corrected chi connectivity index (χ3v) is 4.42. The van der Waals surface area contributed by atoms with Gasteiger partial charge in [-0.2, -0.15) is 0 Å². The maximum Gasteiger partial charge on any atom is 0.342 e. The average molecular weight is 319 g/mol. The van der Waals surface area contributed by atoms with Gasteiger partial charge in [-0.25, -0.2) is 4.79 Å². The summed E-state index contributed by atoms with van der Waals surface area (Å²) in [7, 11) is 1.49. The summed E-state index contributed by atoms with van der Waals surface area (Å²) in [4.78, 5) is 24.5. The minimum absolute atomic E-state index is 0.170. The van der Waals surface area contributed by atoms with Crippen LogP contribution in [0, 0.1) is 5.92 Å². The second-order valence-electron chi connectivity index (χ2n) is 6.12. The summed E-state index contributed by atoms with van der Waals surface area (Å²) >= 11 is 0. The number of para-hydroxylation sites is 1. The summed E-state index contributed by atoms with van der Waals surface area (Å²) in [6.45, 7) is 3.74. The standard InChI is InChI=1S/C18H25NO4/c1-12-8-4-6-10-15(12)19-17(20)13(2)23-18(21)14-9-5-7-11-16(14)22-3/h5,7,9,11-13,15H,4,6,8,10H2,1-3H3,(H,19,20)/t12-,13+,15-/m0/s1. The Bertz CT molecular complexity index is 558. The van der Waals surface area contributed by atoms with Crippen molar-refractivity contribution in [3.8, 4) is 5.75 Å². The normalized spacial score (nSPS) is 22.0. The number of hydrogen-bond acceptors (Lipinski definition) is 4. The first-order chi connectivity index (χ1) is 11.0. The molecule has 2 rings (SSSR count). The zero-order chi connectivity index (χ0) is 16.8. The molecule has 1 aliphatic rings. The van der Waals surface area contributed by atoms with Crippen LogP contribution in [0.15, 0.2) is 24.3 Å². The van der Waals surface area contributed by atoms with Gasteiger partial charge in [-0.05, 0) is 37.8 Å². The zero-order valence-electron chi connectivity index (χ0n) is 14.0. The molecule has 3 atom stereocenters. The number of hydrogen-bond donors (Lipinski definition) is 1. The lowest BCUT2D eigenvalue weighted by Crippen LogP contribution is -2.46. The summed E-state index contributed by atoms with van der Waals surface area (Å²) in [6, 6.07) is 6.98. The van der Waals surface area contributed by atoms with E-state index in [1.54, 1.807) is 31.2 Å². The molecule has 1 aromatic carbocycles. The maximum atomic E-state index is 12.3. The molecule has 0 heterocycles. The van der Waals surface area contributed by atoms with E-state index in [2.05, 4.69) is 12.2 Å². The van der Waals surface area contributed by atoms with Gasteiger partial charge in [0.15, 0.2) is 6.10 Å². The lowest BCUT2D eigenvalue weighted by molar-refractivity contribution is -0.130. The van der Waals surface area contributed by atoms with Gasteiger partial charge in [0.25, 0.3) is 5.91 Å². The summed E-state index contributed by atoms with van der Waals surface area (Å²) in [5.74, 6) is 0.102. The van der Waals surface area contributed by atoms with E-state index in [9.17, 15) is 9.59 Å². The molecule has 23 heavy (non-hydrogen) atoms. The Balaban J connectivity index is 1.93. The predicted octanol–water partition coefficient (Wildman–Crippen LogP) is 2.94. The van der Waals surface area contributed by atoms with Crippen molar-refractivity contribution in [2.24, 2.45) is 5.92 Å². The molecule has 1 saturated carbocycles. The largest absolute Gasteiger partial charge is 0.496 e. The molecule has 5 heteroatoms. The van der Waals surface area contributed by atoms with Crippen molar-refractivity contribution in [3.63, 3.8) is 0 Å². The number of carbonyl (C=O) groups excluding carboxylic acids is 2. The van der Waals surface area contributed by atoms with Gasteiger partial charge in [0.2, 0.25) is 0 Å². The van der Waals surface area contributed by atoms with Crippen molar-refractivity contribution in [1.29, 1.82) is 0 Å². The summed E-state index contributed by atoms with van der Waals surface area (Å²) in [5.41, 5.74) is 0.320. The molecule has 1 aliphatic carbocycles. The molecule has 126 valence electrons. The van der Waals surface area contributed by atoms with Crippen LogP contribution in [-0.4, -0.2) is 31.1 Å². The third kappa shape index (κ3) is 4.47. The smallest absolute Gasteiger partial charge is 0.342 e. The van der Waals surface area contributed by atoms with Gasteiger partial charge in [0, 0.05) is 6.04 Å². The van der Waals surface area contributed by atoms with Gasteiger partial charge < -0.3 is 14.8 Å². The molecule has 0 spiro atoms. The van der Waals surface area contributed by atoms with Crippen LogP contribution in [0.1, 0.15) is 49.9 Å². The van der Waals surface area contributed by atoms with Crippen LogP contribution >= 0.6 is 0 Å². The first kappa shape index (κ1) is 17.3. The van der Waals surface area contributed by atoms with Gasteiger partial charge in [-0.1, -0.05) is 31.9 Å². The van der Waals surface area contributed by atoms with E-state index in [1.807, 2.05) is 0 Å². The molecular weight excluding hydrogens is 294 g/mol. The highest BCUT2D eigenvalue weighted by molar-refractivity contribution is 5.94. The van der Waals surface area contributed by atoms with Gasteiger partial charge in [-0.3, -0.25) is 4.79 Å². The second-order valence-corrected chi connectivity index (χ2v) is 6.12. The van der Waals surface area contributed by atoms with Crippen LogP contribution in [0.25, 0.3) is 0 Å². The van der Waals surface area contributed by atoms with Crippen LogP contribution in [0.5, 0.6) is 5.75 Å². The molecule has 0 aliphatic heterocycles. The Hall–Kier alpha value is -2.04. The van der Waals surface area contributed by atoms with Gasteiger partial charge in [-0.15, -0.1) is 0 Å². The molecule has 1 N–H and O–H groups in total. The van der Waals surface area contributed by atoms with Gasteiger partial charge >= 0.3 is 5.97 Å².